The second-order valence-corrected chi connectivity index (χ2v) is 6.18. The van der Waals surface area contributed by atoms with Gasteiger partial charge in [0.1, 0.15) is 6.07 Å². The van der Waals surface area contributed by atoms with E-state index < -0.39 is 0 Å². The minimum atomic E-state index is 0.284. The third-order valence-electron chi connectivity index (χ3n) is 3.43. The predicted octanol–water partition coefficient (Wildman–Crippen LogP) is 4.69. The lowest BCUT2D eigenvalue weighted by molar-refractivity contribution is 0.483. The van der Waals surface area contributed by atoms with Crippen LogP contribution in [0.15, 0.2) is 58.0 Å². The molecule has 1 aromatic heterocycles. The summed E-state index contributed by atoms with van der Waals surface area (Å²) < 4.78 is 5.77. The minimum absolute atomic E-state index is 0.284. The van der Waals surface area contributed by atoms with Gasteiger partial charge in [0.15, 0.2) is 10.8 Å². The van der Waals surface area contributed by atoms with Gasteiger partial charge in [0, 0.05) is 11.3 Å². The van der Waals surface area contributed by atoms with Crippen LogP contribution in [0.4, 0.5) is 0 Å². The van der Waals surface area contributed by atoms with E-state index >= 15 is 0 Å². The fourth-order valence-electron chi connectivity index (χ4n) is 2.17. The van der Waals surface area contributed by atoms with Gasteiger partial charge in [-0.2, -0.15) is 15.5 Å². The van der Waals surface area contributed by atoms with Gasteiger partial charge in [-0.1, -0.05) is 41.6 Å². The summed E-state index contributed by atoms with van der Waals surface area (Å²) in [6, 6.07) is 19.4. The number of rotatable bonds is 4. The van der Waals surface area contributed by atoms with Crippen molar-refractivity contribution >= 4 is 11.8 Å². The fraction of sp³-hybridized carbons (Fsp3) is 0.105. The Kier molecular flexibility index (Phi) is 4.65. The van der Waals surface area contributed by atoms with Crippen molar-refractivity contribution in [1.82, 2.24) is 4.98 Å². The van der Waals surface area contributed by atoms with Crippen LogP contribution in [0.25, 0.3) is 11.5 Å². The van der Waals surface area contributed by atoms with Gasteiger partial charge >= 0.3 is 0 Å². The van der Waals surface area contributed by atoms with Gasteiger partial charge in [0.05, 0.1) is 11.6 Å². The van der Waals surface area contributed by atoms with E-state index in [0.717, 1.165) is 16.7 Å². The van der Waals surface area contributed by atoms with E-state index in [0.29, 0.717) is 22.3 Å². The molecule has 0 aliphatic carbocycles. The van der Waals surface area contributed by atoms with Crippen LogP contribution < -0.4 is 0 Å². The molecule has 0 radical (unpaired) electrons. The Hall–Kier alpha value is -3.02. The molecule has 2 aromatic carbocycles. The monoisotopic (exact) mass is 331 g/mol. The average Bonchev–Trinajstić information content (AvgIpc) is 3.04. The highest BCUT2D eigenvalue weighted by atomic mass is 32.2. The summed E-state index contributed by atoms with van der Waals surface area (Å²) in [6.07, 6.45) is 0. The lowest BCUT2D eigenvalue weighted by Gasteiger charge is -2.00. The highest BCUT2D eigenvalue weighted by Gasteiger charge is 2.15. The zero-order valence-electron chi connectivity index (χ0n) is 13.0. The van der Waals surface area contributed by atoms with Crippen LogP contribution >= 0.6 is 11.8 Å². The summed E-state index contributed by atoms with van der Waals surface area (Å²) in [4.78, 5) is 4.27. The number of thioether (sulfide) groups is 1. The molecule has 0 bridgehead atoms. The minimum Gasteiger partial charge on any atom is -0.428 e. The Balaban J connectivity index is 1.82. The quantitative estimate of drug-likeness (QED) is 0.649. The van der Waals surface area contributed by atoms with Crippen molar-refractivity contribution in [3.63, 3.8) is 0 Å². The molecule has 0 aliphatic rings. The first-order valence-corrected chi connectivity index (χ1v) is 8.28. The third-order valence-corrected chi connectivity index (χ3v) is 4.44. The maximum atomic E-state index is 9.27. The van der Waals surface area contributed by atoms with Crippen molar-refractivity contribution < 1.29 is 4.42 Å². The van der Waals surface area contributed by atoms with Crippen LogP contribution in [0, 0.1) is 29.6 Å². The standard InChI is InChI=1S/C19H13N3OS/c1-13-5-7-16(8-6-13)18-22-17(11-21)19(23-18)24-12-15-4-2-3-14(9-15)10-20/h2-9H,12H2,1H3. The summed E-state index contributed by atoms with van der Waals surface area (Å²) in [6.45, 7) is 2.01. The molecule has 0 atom stereocenters. The first kappa shape index (κ1) is 15.9. The summed E-state index contributed by atoms with van der Waals surface area (Å²) in [5.41, 5.74) is 3.89. The molecule has 0 amide bonds. The van der Waals surface area contributed by atoms with Gasteiger partial charge in [-0.15, -0.1) is 0 Å². The third kappa shape index (κ3) is 3.48. The molecule has 0 spiro atoms. The van der Waals surface area contributed by atoms with Crippen molar-refractivity contribution in [3.05, 3.63) is 70.9 Å². The van der Waals surface area contributed by atoms with Gasteiger partial charge in [0.2, 0.25) is 5.89 Å². The van der Waals surface area contributed by atoms with Crippen molar-refractivity contribution in [2.24, 2.45) is 0 Å². The number of aromatic nitrogens is 1. The highest BCUT2D eigenvalue weighted by molar-refractivity contribution is 7.98. The molecular formula is C19H13N3OS. The largest absolute Gasteiger partial charge is 0.428 e. The fourth-order valence-corrected chi connectivity index (χ4v) is 3.02. The van der Waals surface area contributed by atoms with Crippen LogP contribution in [-0.4, -0.2) is 4.98 Å². The highest BCUT2D eigenvalue weighted by Crippen LogP contribution is 2.31. The van der Waals surface area contributed by atoms with Crippen molar-refractivity contribution in [2.45, 2.75) is 17.8 Å². The first-order chi connectivity index (χ1) is 11.7. The first-order valence-electron chi connectivity index (χ1n) is 7.29. The van der Waals surface area contributed by atoms with Crippen molar-refractivity contribution in [1.29, 1.82) is 10.5 Å². The zero-order chi connectivity index (χ0) is 16.9. The maximum absolute atomic E-state index is 9.27. The molecule has 5 heteroatoms. The molecule has 0 aliphatic heterocycles. The number of oxazole rings is 1. The topological polar surface area (TPSA) is 73.6 Å². The van der Waals surface area contributed by atoms with Gasteiger partial charge < -0.3 is 4.42 Å². The molecule has 0 unspecified atom stereocenters. The Bertz CT molecular complexity index is 946. The summed E-state index contributed by atoms with van der Waals surface area (Å²) in [5, 5.41) is 18.7. The molecule has 0 N–H and O–H groups in total. The predicted molar refractivity (Wildman–Crippen MR) is 92.1 cm³/mol. The molecule has 0 fully saturated rings. The lowest BCUT2D eigenvalue weighted by atomic mass is 10.1. The molecule has 3 aromatic rings. The van der Waals surface area contributed by atoms with Gasteiger partial charge in [-0.05, 0) is 36.8 Å². The normalized spacial score (nSPS) is 10.1. The van der Waals surface area contributed by atoms with Crippen molar-refractivity contribution in [3.8, 4) is 23.6 Å². The van der Waals surface area contributed by atoms with E-state index in [2.05, 4.69) is 17.1 Å². The summed E-state index contributed by atoms with van der Waals surface area (Å²) >= 11 is 1.40. The van der Waals surface area contributed by atoms with Crippen molar-refractivity contribution in [2.75, 3.05) is 0 Å². The molecular weight excluding hydrogens is 318 g/mol. The van der Waals surface area contributed by atoms with Crippen LogP contribution in [0.2, 0.25) is 0 Å². The second-order valence-electron chi connectivity index (χ2n) is 5.23. The summed E-state index contributed by atoms with van der Waals surface area (Å²) in [7, 11) is 0. The lowest BCUT2D eigenvalue weighted by Crippen LogP contribution is -1.83. The molecule has 3 rings (SSSR count). The molecule has 0 saturated heterocycles. The smallest absolute Gasteiger partial charge is 0.228 e. The van der Waals surface area contributed by atoms with E-state index in [-0.39, 0.29) is 5.69 Å². The summed E-state index contributed by atoms with van der Waals surface area (Å²) in [5.74, 6) is 1.05. The van der Waals surface area contributed by atoms with E-state index in [1.165, 1.54) is 11.8 Å². The Morgan fingerprint density at radius 2 is 1.88 bits per heavy atom. The molecule has 4 nitrogen and oxygen atoms in total. The number of benzene rings is 2. The Morgan fingerprint density at radius 3 is 2.58 bits per heavy atom. The van der Waals surface area contributed by atoms with E-state index in [1.807, 2.05) is 49.4 Å². The number of nitrogens with zero attached hydrogens (tertiary/aromatic N) is 3. The Morgan fingerprint density at radius 1 is 1.08 bits per heavy atom. The van der Waals surface area contributed by atoms with Gasteiger partial charge in [-0.25, -0.2) is 0 Å². The molecule has 1 heterocycles. The molecule has 0 saturated carbocycles. The number of nitriles is 2. The average molecular weight is 331 g/mol. The van der Waals surface area contributed by atoms with Crippen LogP contribution in [-0.2, 0) is 5.75 Å². The van der Waals surface area contributed by atoms with E-state index in [1.54, 1.807) is 6.07 Å². The van der Waals surface area contributed by atoms with Gasteiger partial charge in [0.25, 0.3) is 0 Å². The number of hydrogen-bond donors (Lipinski definition) is 0. The van der Waals surface area contributed by atoms with Crippen LogP contribution in [0.3, 0.4) is 0 Å². The SMILES string of the molecule is Cc1ccc(-c2nc(C#N)c(SCc3cccc(C#N)c3)o2)cc1. The second kappa shape index (κ2) is 7.04. The zero-order valence-corrected chi connectivity index (χ0v) is 13.8. The van der Waals surface area contributed by atoms with Gasteiger partial charge in [-0.3, -0.25) is 0 Å². The molecule has 116 valence electrons. The van der Waals surface area contributed by atoms with Crippen LogP contribution in [0.5, 0.6) is 0 Å². The Labute approximate surface area is 144 Å². The van der Waals surface area contributed by atoms with E-state index in [9.17, 15) is 5.26 Å². The number of aryl methyl sites for hydroxylation is 1. The van der Waals surface area contributed by atoms with E-state index in [4.69, 9.17) is 9.68 Å². The molecule has 24 heavy (non-hydrogen) atoms. The maximum Gasteiger partial charge on any atom is 0.228 e. The number of hydrogen-bond acceptors (Lipinski definition) is 5. The van der Waals surface area contributed by atoms with Crippen LogP contribution in [0.1, 0.15) is 22.4 Å².